The van der Waals surface area contributed by atoms with Gasteiger partial charge >= 0.3 is 0 Å². The Morgan fingerprint density at radius 3 is 2.68 bits per heavy atom. The van der Waals surface area contributed by atoms with Crippen LogP contribution in [0.3, 0.4) is 0 Å². The maximum atomic E-state index is 4.61. The molecule has 0 amide bonds. The van der Waals surface area contributed by atoms with Crippen molar-refractivity contribution >= 4 is 41.3 Å². The highest BCUT2D eigenvalue weighted by atomic mass is 127. The van der Waals surface area contributed by atoms with Crippen molar-refractivity contribution in [3.63, 3.8) is 0 Å². The van der Waals surface area contributed by atoms with E-state index in [-0.39, 0.29) is 24.0 Å². The van der Waals surface area contributed by atoms with Crippen LogP contribution in [0.4, 0.5) is 0 Å². The van der Waals surface area contributed by atoms with Crippen LogP contribution in [-0.2, 0) is 19.5 Å². The lowest BCUT2D eigenvalue weighted by molar-refractivity contribution is 0.198. The molecule has 0 bridgehead atoms. The lowest BCUT2D eigenvalue weighted by atomic mass is 10.0. The van der Waals surface area contributed by atoms with E-state index in [0.29, 0.717) is 6.04 Å². The van der Waals surface area contributed by atoms with Crippen LogP contribution in [0.1, 0.15) is 41.6 Å². The van der Waals surface area contributed by atoms with Crippen LogP contribution in [0.5, 0.6) is 0 Å². The number of hydrogen-bond donors (Lipinski definition) is 2. The largest absolute Gasteiger partial charge is 0.354 e. The second-order valence-electron chi connectivity index (χ2n) is 7.13. The lowest BCUT2D eigenvalue weighted by Gasteiger charge is -2.33. The molecule has 0 unspecified atom stereocenters. The number of benzene rings is 1. The SMILES string of the molecule is CCc1nc(CNC(=NC)NC2CCN(Cc3ccccc3C)CC2)cs1.I. The zero-order valence-electron chi connectivity index (χ0n) is 17.1. The van der Waals surface area contributed by atoms with Crippen molar-refractivity contribution in [3.05, 3.63) is 51.5 Å². The fourth-order valence-corrected chi connectivity index (χ4v) is 4.16. The second-order valence-corrected chi connectivity index (χ2v) is 8.08. The molecular formula is C21H32IN5S. The molecule has 2 N–H and O–H groups in total. The minimum absolute atomic E-state index is 0. The summed E-state index contributed by atoms with van der Waals surface area (Å²) in [5, 5.41) is 10.3. The van der Waals surface area contributed by atoms with Gasteiger partial charge in [0.2, 0.25) is 0 Å². The van der Waals surface area contributed by atoms with Gasteiger partial charge in [-0.2, -0.15) is 0 Å². The number of aromatic nitrogens is 1. The summed E-state index contributed by atoms with van der Waals surface area (Å²) >= 11 is 1.73. The van der Waals surface area contributed by atoms with Gasteiger partial charge in [-0.3, -0.25) is 9.89 Å². The van der Waals surface area contributed by atoms with Crippen molar-refractivity contribution in [3.8, 4) is 0 Å². The highest BCUT2D eigenvalue weighted by Crippen LogP contribution is 2.16. The highest BCUT2D eigenvalue weighted by molar-refractivity contribution is 14.0. The van der Waals surface area contributed by atoms with Gasteiger partial charge in [-0.1, -0.05) is 31.2 Å². The highest BCUT2D eigenvalue weighted by Gasteiger charge is 2.20. The second kappa shape index (κ2) is 11.7. The number of aryl methyl sites for hydroxylation is 2. The number of nitrogens with zero attached hydrogens (tertiary/aromatic N) is 3. The predicted octanol–water partition coefficient (Wildman–Crippen LogP) is 3.96. The third-order valence-electron chi connectivity index (χ3n) is 5.15. The van der Waals surface area contributed by atoms with Crippen LogP contribution in [-0.4, -0.2) is 42.0 Å². The summed E-state index contributed by atoms with van der Waals surface area (Å²) in [6.07, 6.45) is 3.28. The average molecular weight is 513 g/mol. The van der Waals surface area contributed by atoms with Crippen LogP contribution >= 0.6 is 35.3 Å². The standard InChI is InChI=1S/C21H31N5S.HI/c1-4-20-24-19(15-27-20)13-23-21(22-3)25-18-9-11-26(12-10-18)14-17-8-6-5-7-16(17)2;/h5-8,15,18H,4,9-14H2,1-3H3,(H2,22,23,25);1H. The van der Waals surface area contributed by atoms with E-state index in [1.54, 1.807) is 11.3 Å². The molecule has 2 aromatic rings. The normalized spacial score (nSPS) is 15.9. The molecule has 1 aromatic heterocycles. The molecule has 7 heteroatoms. The predicted molar refractivity (Wildman–Crippen MR) is 130 cm³/mol. The summed E-state index contributed by atoms with van der Waals surface area (Å²) in [6.45, 7) is 8.36. The maximum Gasteiger partial charge on any atom is 0.191 e. The molecule has 1 aliphatic rings. The van der Waals surface area contributed by atoms with E-state index in [2.05, 4.69) is 69.0 Å². The molecule has 0 radical (unpaired) electrons. The van der Waals surface area contributed by atoms with Crippen LogP contribution < -0.4 is 10.6 Å². The quantitative estimate of drug-likeness (QED) is 0.349. The number of rotatable bonds is 6. The molecule has 2 heterocycles. The van der Waals surface area contributed by atoms with Crippen LogP contribution in [0.25, 0.3) is 0 Å². The minimum Gasteiger partial charge on any atom is -0.354 e. The Bertz CT molecular complexity index is 753. The summed E-state index contributed by atoms with van der Waals surface area (Å²) in [7, 11) is 1.83. The number of nitrogens with one attached hydrogen (secondary N) is 2. The number of thiazole rings is 1. The average Bonchev–Trinajstić information content (AvgIpc) is 3.16. The Morgan fingerprint density at radius 2 is 2.04 bits per heavy atom. The Kier molecular flexibility index (Phi) is 9.67. The van der Waals surface area contributed by atoms with Gasteiger partial charge in [0.25, 0.3) is 0 Å². The smallest absolute Gasteiger partial charge is 0.191 e. The molecule has 1 aliphatic heterocycles. The van der Waals surface area contributed by atoms with E-state index in [9.17, 15) is 0 Å². The van der Waals surface area contributed by atoms with E-state index in [4.69, 9.17) is 0 Å². The van der Waals surface area contributed by atoms with Crippen LogP contribution in [0.2, 0.25) is 0 Å². The van der Waals surface area contributed by atoms with Gasteiger partial charge in [-0.25, -0.2) is 4.98 Å². The lowest BCUT2D eigenvalue weighted by Crippen LogP contribution is -2.48. The van der Waals surface area contributed by atoms with Crippen LogP contribution in [0.15, 0.2) is 34.6 Å². The summed E-state index contributed by atoms with van der Waals surface area (Å²) in [5.41, 5.74) is 3.92. The molecule has 1 saturated heterocycles. The Hall–Kier alpha value is -1.19. The first kappa shape index (κ1) is 23.1. The first-order chi connectivity index (χ1) is 13.2. The van der Waals surface area contributed by atoms with Crippen molar-refractivity contribution in [2.45, 2.75) is 52.2 Å². The molecule has 28 heavy (non-hydrogen) atoms. The van der Waals surface area contributed by atoms with E-state index in [1.165, 1.54) is 16.1 Å². The number of piperidine rings is 1. The Balaban J connectivity index is 0.00000280. The molecule has 5 nitrogen and oxygen atoms in total. The van der Waals surface area contributed by atoms with Crippen molar-refractivity contribution in [1.82, 2.24) is 20.5 Å². The van der Waals surface area contributed by atoms with Gasteiger partial charge in [-0.15, -0.1) is 35.3 Å². The monoisotopic (exact) mass is 513 g/mol. The Labute approximate surface area is 190 Å². The van der Waals surface area contributed by atoms with Gasteiger partial charge < -0.3 is 10.6 Å². The van der Waals surface area contributed by atoms with Gasteiger partial charge in [0.05, 0.1) is 17.2 Å². The van der Waals surface area contributed by atoms with Crippen molar-refractivity contribution < 1.29 is 0 Å². The molecule has 1 fully saturated rings. The van der Waals surface area contributed by atoms with E-state index < -0.39 is 0 Å². The number of hydrogen-bond acceptors (Lipinski definition) is 4. The Morgan fingerprint density at radius 1 is 1.29 bits per heavy atom. The molecular weight excluding hydrogens is 481 g/mol. The maximum absolute atomic E-state index is 4.61. The zero-order chi connectivity index (χ0) is 19.1. The molecule has 1 aromatic carbocycles. The van der Waals surface area contributed by atoms with Crippen molar-refractivity contribution in [2.24, 2.45) is 4.99 Å². The topological polar surface area (TPSA) is 52.6 Å². The fraction of sp³-hybridized carbons (Fsp3) is 0.524. The van der Waals surface area contributed by atoms with Crippen molar-refractivity contribution in [1.29, 1.82) is 0 Å². The minimum atomic E-state index is 0. The number of aliphatic imine (C=N–C) groups is 1. The van der Waals surface area contributed by atoms with Gasteiger partial charge in [0, 0.05) is 38.1 Å². The van der Waals surface area contributed by atoms with Gasteiger partial charge in [-0.05, 0) is 37.3 Å². The summed E-state index contributed by atoms with van der Waals surface area (Å²) < 4.78 is 0. The first-order valence-electron chi connectivity index (χ1n) is 9.85. The van der Waals surface area contributed by atoms with Crippen molar-refractivity contribution in [2.75, 3.05) is 20.1 Å². The van der Waals surface area contributed by atoms with E-state index in [1.807, 2.05) is 7.05 Å². The molecule has 0 saturated carbocycles. The fourth-order valence-electron chi connectivity index (χ4n) is 3.42. The van der Waals surface area contributed by atoms with Gasteiger partial charge in [0.1, 0.15) is 0 Å². The molecule has 0 atom stereocenters. The number of guanidine groups is 1. The number of halogens is 1. The van der Waals surface area contributed by atoms with E-state index >= 15 is 0 Å². The third kappa shape index (κ3) is 6.70. The molecule has 3 rings (SSSR count). The van der Waals surface area contributed by atoms with Gasteiger partial charge in [0.15, 0.2) is 5.96 Å². The summed E-state index contributed by atoms with van der Waals surface area (Å²) in [5.74, 6) is 0.874. The zero-order valence-corrected chi connectivity index (χ0v) is 20.2. The molecule has 0 spiro atoms. The summed E-state index contributed by atoms with van der Waals surface area (Å²) in [4.78, 5) is 11.5. The third-order valence-corrected chi connectivity index (χ3v) is 6.19. The summed E-state index contributed by atoms with van der Waals surface area (Å²) in [6, 6.07) is 9.17. The first-order valence-corrected chi connectivity index (χ1v) is 10.7. The molecule has 154 valence electrons. The van der Waals surface area contributed by atoms with Crippen LogP contribution in [0, 0.1) is 6.92 Å². The number of likely N-dealkylation sites (tertiary alicyclic amines) is 1. The molecule has 0 aliphatic carbocycles. The van der Waals surface area contributed by atoms with E-state index in [0.717, 1.165) is 57.1 Å².